The molecule has 0 bridgehead atoms. The van der Waals surface area contributed by atoms with Crippen LogP contribution in [-0.2, 0) is 9.59 Å². The number of amides is 2. The average molecular weight is 266 g/mol. The van der Waals surface area contributed by atoms with Crippen molar-refractivity contribution in [2.45, 2.75) is 47.6 Å². The van der Waals surface area contributed by atoms with Gasteiger partial charge in [-0.05, 0) is 22.7 Å². The lowest BCUT2D eigenvalue weighted by molar-refractivity contribution is -0.147. The highest BCUT2D eigenvalue weighted by atomic mass is 16.2. The number of carbonyl (C=O) groups is 2. The SMILES string of the molecule is CC(C)C1C(=O)NCC(=O)N1CC1C(C)(C)C1(C)C. The molecule has 0 aromatic carbocycles. The average Bonchev–Trinajstić information content (AvgIpc) is 2.65. The lowest BCUT2D eigenvalue weighted by Crippen LogP contribution is -2.60. The quantitative estimate of drug-likeness (QED) is 0.844. The minimum atomic E-state index is -0.312. The number of hydrogen-bond donors (Lipinski definition) is 1. The van der Waals surface area contributed by atoms with Crippen LogP contribution >= 0.6 is 0 Å². The summed E-state index contributed by atoms with van der Waals surface area (Å²) in [5.41, 5.74) is 0.478. The summed E-state index contributed by atoms with van der Waals surface area (Å²) in [6, 6.07) is -0.312. The van der Waals surface area contributed by atoms with E-state index in [1.807, 2.05) is 18.7 Å². The van der Waals surface area contributed by atoms with E-state index in [4.69, 9.17) is 0 Å². The smallest absolute Gasteiger partial charge is 0.243 e. The molecule has 2 aliphatic rings. The zero-order valence-corrected chi connectivity index (χ0v) is 12.9. The third-order valence-electron chi connectivity index (χ3n) is 5.67. The maximum Gasteiger partial charge on any atom is 0.243 e. The second kappa shape index (κ2) is 4.22. The summed E-state index contributed by atoms with van der Waals surface area (Å²) >= 11 is 0. The van der Waals surface area contributed by atoms with E-state index in [0.29, 0.717) is 12.5 Å². The van der Waals surface area contributed by atoms with Crippen molar-refractivity contribution >= 4 is 11.8 Å². The van der Waals surface area contributed by atoms with E-state index in [9.17, 15) is 9.59 Å². The molecule has 2 fully saturated rings. The molecule has 4 nitrogen and oxygen atoms in total. The summed E-state index contributed by atoms with van der Waals surface area (Å²) in [6.45, 7) is 13.8. The Kier molecular flexibility index (Phi) is 3.19. The van der Waals surface area contributed by atoms with E-state index in [2.05, 4.69) is 33.0 Å². The molecule has 1 unspecified atom stereocenters. The highest BCUT2D eigenvalue weighted by Gasteiger charge is 2.65. The maximum atomic E-state index is 12.2. The van der Waals surface area contributed by atoms with Crippen molar-refractivity contribution in [2.24, 2.45) is 22.7 Å². The van der Waals surface area contributed by atoms with Gasteiger partial charge >= 0.3 is 0 Å². The van der Waals surface area contributed by atoms with Gasteiger partial charge in [0.2, 0.25) is 11.8 Å². The van der Waals surface area contributed by atoms with Gasteiger partial charge in [0.1, 0.15) is 6.04 Å². The Bertz CT molecular complexity index is 398. The van der Waals surface area contributed by atoms with Crippen molar-refractivity contribution in [3.8, 4) is 0 Å². The standard InChI is InChI=1S/C15H26N2O2/c1-9(2)12-13(19)16-7-11(18)17(12)8-10-14(3,4)15(10,5)6/h9-10,12H,7-8H2,1-6H3,(H,16,19). The third kappa shape index (κ3) is 2.05. The minimum absolute atomic E-state index is 0.00846. The Balaban J connectivity index is 2.17. The number of carbonyl (C=O) groups excluding carboxylic acids is 2. The van der Waals surface area contributed by atoms with Crippen LogP contribution in [0, 0.1) is 22.7 Å². The summed E-state index contributed by atoms with van der Waals surface area (Å²) in [7, 11) is 0. The lowest BCUT2D eigenvalue weighted by Gasteiger charge is -2.37. The first-order valence-electron chi connectivity index (χ1n) is 7.18. The van der Waals surface area contributed by atoms with Crippen molar-refractivity contribution in [1.82, 2.24) is 10.2 Å². The van der Waals surface area contributed by atoms with Crippen LogP contribution in [0.15, 0.2) is 0 Å². The molecule has 1 saturated heterocycles. The van der Waals surface area contributed by atoms with E-state index in [1.54, 1.807) is 0 Å². The Labute approximate surface area is 115 Å². The Morgan fingerprint density at radius 2 is 1.74 bits per heavy atom. The van der Waals surface area contributed by atoms with E-state index < -0.39 is 0 Å². The van der Waals surface area contributed by atoms with Crippen molar-refractivity contribution in [1.29, 1.82) is 0 Å². The van der Waals surface area contributed by atoms with Gasteiger partial charge in [-0.15, -0.1) is 0 Å². The Morgan fingerprint density at radius 3 is 2.16 bits per heavy atom. The van der Waals surface area contributed by atoms with Crippen LogP contribution in [0.25, 0.3) is 0 Å². The van der Waals surface area contributed by atoms with Crippen LogP contribution in [0.4, 0.5) is 0 Å². The van der Waals surface area contributed by atoms with Crippen LogP contribution in [-0.4, -0.2) is 35.8 Å². The first kappa shape index (κ1) is 14.4. The molecule has 0 radical (unpaired) electrons. The predicted molar refractivity (Wildman–Crippen MR) is 74.4 cm³/mol. The Morgan fingerprint density at radius 1 is 1.21 bits per heavy atom. The zero-order valence-electron chi connectivity index (χ0n) is 12.9. The molecule has 4 heteroatoms. The van der Waals surface area contributed by atoms with Gasteiger partial charge in [-0.1, -0.05) is 41.5 Å². The summed E-state index contributed by atoms with van der Waals surface area (Å²) in [5.74, 6) is 0.660. The number of hydrogen-bond acceptors (Lipinski definition) is 2. The van der Waals surface area contributed by atoms with Crippen LogP contribution in [0.3, 0.4) is 0 Å². The molecule has 1 aliphatic carbocycles. The molecule has 108 valence electrons. The highest BCUT2D eigenvalue weighted by Crippen LogP contribution is 2.68. The maximum absolute atomic E-state index is 12.2. The predicted octanol–water partition coefficient (Wildman–Crippen LogP) is 1.65. The molecule has 19 heavy (non-hydrogen) atoms. The molecule has 1 aliphatic heterocycles. The molecule has 2 amide bonds. The van der Waals surface area contributed by atoms with Gasteiger partial charge in [-0.3, -0.25) is 9.59 Å². The molecule has 2 rings (SSSR count). The van der Waals surface area contributed by atoms with Gasteiger partial charge in [0.15, 0.2) is 0 Å². The van der Waals surface area contributed by atoms with Crippen molar-refractivity contribution in [2.75, 3.05) is 13.1 Å². The second-order valence-corrected chi connectivity index (χ2v) is 7.45. The second-order valence-electron chi connectivity index (χ2n) is 7.45. The molecule has 1 N–H and O–H groups in total. The van der Waals surface area contributed by atoms with Crippen LogP contribution in [0.5, 0.6) is 0 Å². The number of piperazine rings is 1. The number of nitrogens with zero attached hydrogens (tertiary/aromatic N) is 1. The van der Waals surface area contributed by atoms with Gasteiger partial charge < -0.3 is 10.2 Å². The van der Waals surface area contributed by atoms with Crippen LogP contribution < -0.4 is 5.32 Å². The lowest BCUT2D eigenvalue weighted by atomic mass is 9.98. The summed E-state index contributed by atoms with van der Waals surface area (Å²) in [6.07, 6.45) is 0. The van der Waals surface area contributed by atoms with E-state index in [0.717, 1.165) is 0 Å². The molecular formula is C15H26N2O2. The minimum Gasteiger partial charge on any atom is -0.345 e. The van der Waals surface area contributed by atoms with E-state index in [-0.39, 0.29) is 41.1 Å². The largest absolute Gasteiger partial charge is 0.345 e. The van der Waals surface area contributed by atoms with Gasteiger partial charge in [0.05, 0.1) is 6.54 Å². The van der Waals surface area contributed by atoms with E-state index >= 15 is 0 Å². The Hall–Kier alpha value is -1.06. The normalized spacial score (nSPS) is 29.6. The first-order chi connectivity index (χ1) is 8.60. The zero-order chi connectivity index (χ0) is 14.6. The fourth-order valence-electron chi connectivity index (χ4n) is 3.53. The molecular weight excluding hydrogens is 240 g/mol. The summed E-state index contributed by atoms with van der Waals surface area (Å²) in [5, 5.41) is 2.70. The molecule has 0 aromatic rings. The van der Waals surface area contributed by atoms with Crippen molar-refractivity contribution in [3.05, 3.63) is 0 Å². The van der Waals surface area contributed by atoms with Crippen LogP contribution in [0.2, 0.25) is 0 Å². The number of nitrogens with one attached hydrogen (secondary N) is 1. The van der Waals surface area contributed by atoms with Crippen molar-refractivity contribution in [3.63, 3.8) is 0 Å². The molecule has 1 heterocycles. The van der Waals surface area contributed by atoms with Gasteiger partial charge in [-0.25, -0.2) is 0 Å². The fraction of sp³-hybridized carbons (Fsp3) is 0.867. The highest BCUT2D eigenvalue weighted by molar-refractivity contribution is 5.95. The van der Waals surface area contributed by atoms with E-state index in [1.165, 1.54) is 0 Å². The third-order valence-corrected chi connectivity index (χ3v) is 5.67. The van der Waals surface area contributed by atoms with Crippen molar-refractivity contribution < 1.29 is 9.59 Å². The molecule has 0 aromatic heterocycles. The topological polar surface area (TPSA) is 49.4 Å². The molecule has 0 spiro atoms. The van der Waals surface area contributed by atoms with Gasteiger partial charge in [0, 0.05) is 6.54 Å². The molecule has 1 atom stereocenters. The number of rotatable bonds is 3. The summed E-state index contributed by atoms with van der Waals surface area (Å²) in [4.78, 5) is 26.0. The fourth-order valence-corrected chi connectivity index (χ4v) is 3.53. The first-order valence-corrected chi connectivity index (χ1v) is 7.18. The molecule has 1 saturated carbocycles. The van der Waals surface area contributed by atoms with Gasteiger partial charge in [-0.2, -0.15) is 0 Å². The van der Waals surface area contributed by atoms with Gasteiger partial charge in [0.25, 0.3) is 0 Å². The van der Waals surface area contributed by atoms with Crippen LogP contribution in [0.1, 0.15) is 41.5 Å². The monoisotopic (exact) mass is 266 g/mol. The summed E-state index contributed by atoms with van der Waals surface area (Å²) < 4.78 is 0.